The first kappa shape index (κ1) is 10.1. The molecule has 72 valence electrons. The fourth-order valence-electron chi connectivity index (χ4n) is 1.29. The number of rotatable bonds is 4. The average molecular weight is 178 g/mol. The first-order chi connectivity index (χ1) is 6.24. The van der Waals surface area contributed by atoms with Crippen LogP contribution in [0.25, 0.3) is 0 Å². The van der Waals surface area contributed by atoms with Gasteiger partial charge in [0.25, 0.3) is 0 Å². The Hall–Kier alpha value is -0.980. The molecule has 0 saturated carbocycles. The summed E-state index contributed by atoms with van der Waals surface area (Å²) in [5, 5.41) is 0. The zero-order valence-corrected chi connectivity index (χ0v) is 8.49. The van der Waals surface area contributed by atoms with Gasteiger partial charge in [-0.15, -0.1) is 0 Å². The third kappa shape index (κ3) is 3.10. The molecule has 0 bridgehead atoms. The summed E-state index contributed by atoms with van der Waals surface area (Å²) in [5.74, 6) is 1.47. The standard InChI is InChI=1S/C12H18O/c1-4-12(10(2)3)13-11-8-6-5-7-9-11/h4,6,8-10,12H,1,5,7H2,2-3H3. The van der Waals surface area contributed by atoms with Crippen LogP contribution in [-0.2, 0) is 4.74 Å². The molecule has 0 aliphatic heterocycles. The van der Waals surface area contributed by atoms with E-state index in [1.807, 2.05) is 12.2 Å². The second kappa shape index (κ2) is 4.90. The number of hydrogen-bond acceptors (Lipinski definition) is 1. The Morgan fingerprint density at radius 2 is 2.23 bits per heavy atom. The molecular formula is C12H18O. The van der Waals surface area contributed by atoms with E-state index in [1.54, 1.807) is 0 Å². The predicted molar refractivity (Wildman–Crippen MR) is 56.4 cm³/mol. The molecule has 13 heavy (non-hydrogen) atoms. The molecule has 1 atom stereocenters. The molecule has 0 N–H and O–H groups in total. The first-order valence-corrected chi connectivity index (χ1v) is 4.90. The predicted octanol–water partition coefficient (Wildman–Crippen LogP) is 3.45. The monoisotopic (exact) mass is 178 g/mol. The molecule has 1 nitrogen and oxygen atoms in total. The van der Waals surface area contributed by atoms with Gasteiger partial charge in [0.05, 0.1) is 0 Å². The average Bonchev–Trinajstić information content (AvgIpc) is 2.15. The van der Waals surface area contributed by atoms with Gasteiger partial charge < -0.3 is 4.74 Å². The highest BCUT2D eigenvalue weighted by Gasteiger charge is 2.11. The van der Waals surface area contributed by atoms with Crippen LogP contribution in [0.3, 0.4) is 0 Å². The molecule has 1 aliphatic rings. The molecule has 0 aromatic carbocycles. The summed E-state index contributed by atoms with van der Waals surface area (Å²) in [7, 11) is 0. The molecule has 0 radical (unpaired) electrons. The van der Waals surface area contributed by atoms with Crippen molar-refractivity contribution in [1.82, 2.24) is 0 Å². The molecule has 1 rings (SSSR count). The maximum Gasteiger partial charge on any atom is 0.119 e. The maximum atomic E-state index is 5.76. The van der Waals surface area contributed by atoms with Crippen molar-refractivity contribution in [3.05, 3.63) is 36.6 Å². The van der Waals surface area contributed by atoms with Crippen LogP contribution in [0, 0.1) is 5.92 Å². The fraction of sp³-hybridized carbons (Fsp3) is 0.500. The van der Waals surface area contributed by atoms with E-state index in [9.17, 15) is 0 Å². The van der Waals surface area contributed by atoms with Crippen molar-refractivity contribution in [2.24, 2.45) is 5.92 Å². The first-order valence-electron chi connectivity index (χ1n) is 4.90. The summed E-state index contributed by atoms with van der Waals surface area (Å²) in [6.45, 7) is 8.05. The summed E-state index contributed by atoms with van der Waals surface area (Å²) in [5.41, 5.74) is 0. The normalized spacial score (nSPS) is 18.2. The van der Waals surface area contributed by atoms with Crippen LogP contribution in [-0.4, -0.2) is 6.10 Å². The van der Waals surface area contributed by atoms with Crippen LogP contribution in [0.5, 0.6) is 0 Å². The Morgan fingerprint density at radius 1 is 1.46 bits per heavy atom. The second-order valence-corrected chi connectivity index (χ2v) is 3.65. The Kier molecular flexibility index (Phi) is 3.81. The van der Waals surface area contributed by atoms with Gasteiger partial charge in [-0.3, -0.25) is 0 Å². The molecule has 0 saturated heterocycles. The SMILES string of the molecule is C=CC(OC1=CCCC=C1)C(C)C. The lowest BCUT2D eigenvalue weighted by atomic mass is 10.1. The van der Waals surface area contributed by atoms with Gasteiger partial charge in [-0.05, 0) is 30.9 Å². The van der Waals surface area contributed by atoms with E-state index in [4.69, 9.17) is 4.74 Å². The van der Waals surface area contributed by atoms with Gasteiger partial charge in [-0.25, -0.2) is 0 Å². The van der Waals surface area contributed by atoms with Crippen molar-refractivity contribution in [1.29, 1.82) is 0 Å². The van der Waals surface area contributed by atoms with Crippen LogP contribution in [0.15, 0.2) is 36.6 Å². The Morgan fingerprint density at radius 3 is 2.69 bits per heavy atom. The van der Waals surface area contributed by atoms with Crippen molar-refractivity contribution in [3.63, 3.8) is 0 Å². The van der Waals surface area contributed by atoms with Gasteiger partial charge in [0, 0.05) is 0 Å². The van der Waals surface area contributed by atoms with Crippen molar-refractivity contribution in [2.75, 3.05) is 0 Å². The lowest BCUT2D eigenvalue weighted by molar-refractivity contribution is 0.123. The van der Waals surface area contributed by atoms with Crippen molar-refractivity contribution < 1.29 is 4.74 Å². The topological polar surface area (TPSA) is 9.23 Å². The molecular weight excluding hydrogens is 160 g/mol. The van der Waals surface area contributed by atoms with Crippen LogP contribution in [0.1, 0.15) is 26.7 Å². The number of allylic oxidation sites excluding steroid dienone is 3. The van der Waals surface area contributed by atoms with Gasteiger partial charge in [-0.1, -0.05) is 32.6 Å². The summed E-state index contributed by atoms with van der Waals surface area (Å²) in [6, 6.07) is 0. The molecule has 1 unspecified atom stereocenters. The van der Waals surface area contributed by atoms with Gasteiger partial charge in [0.1, 0.15) is 11.9 Å². The maximum absolute atomic E-state index is 5.76. The summed E-state index contributed by atoms with van der Waals surface area (Å²) in [4.78, 5) is 0. The quantitative estimate of drug-likeness (QED) is 0.599. The van der Waals surface area contributed by atoms with E-state index < -0.39 is 0 Å². The third-order valence-electron chi connectivity index (χ3n) is 2.12. The zero-order valence-electron chi connectivity index (χ0n) is 8.49. The highest BCUT2D eigenvalue weighted by Crippen LogP contribution is 2.17. The minimum absolute atomic E-state index is 0.133. The molecule has 0 spiro atoms. The Balaban J connectivity index is 2.50. The zero-order chi connectivity index (χ0) is 9.68. The highest BCUT2D eigenvalue weighted by molar-refractivity contribution is 5.16. The van der Waals surface area contributed by atoms with E-state index >= 15 is 0 Å². The van der Waals surface area contributed by atoms with Gasteiger partial charge in [0.2, 0.25) is 0 Å². The van der Waals surface area contributed by atoms with Crippen molar-refractivity contribution in [2.45, 2.75) is 32.8 Å². The van der Waals surface area contributed by atoms with Gasteiger partial charge in [0.15, 0.2) is 0 Å². The molecule has 0 aromatic heterocycles. The number of hydrogen-bond donors (Lipinski definition) is 0. The van der Waals surface area contributed by atoms with E-state index in [1.165, 1.54) is 0 Å². The van der Waals surface area contributed by atoms with Crippen molar-refractivity contribution in [3.8, 4) is 0 Å². The van der Waals surface area contributed by atoms with Crippen LogP contribution in [0.2, 0.25) is 0 Å². The number of ether oxygens (including phenoxy) is 1. The third-order valence-corrected chi connectivity index (χ3v) is 2.12. The van der Waals surface area contributed by atoms with Crippen molar-refractivity contribution >= 4 is 0 Å². The lowest BCUT2D eigenvalue weighted by Crippen LogP contribution is -2.16. The van der Waals surface area contributed by atoms with Crippen LogP contribution < -0.4 is 0 Å². The minimum Gasteiger partial charge on any atom is -0.486 e. The molecule has 0 aromatic rings. The summed E-state index contributed by atoms with van der Waals surface area (Å²) in [6.07, 6.45) is 10.6. The molecule has 0 amide bonds. The van der Waals surface area contributed by atoms with Gasteiger partial charge in [-0.2, -0.15) is 0 Å². The van der Waals surface area contributed by atoms with Gasteiger partial charge >= 0.3 is 0 Å². The fourth-order valence-corrected chi connectivity index (χ4v) is 1.29. The molecule has 1 aliphatic carbocycles. The molecule has 1 heteroatoms. The second-order valence-electron chi connectivity index (χ2n) is 3.65. The summed E-state index contributed by atoms with van der Waals surface area (Å²) >= 11 is 0. The summed E-state index contributed by atoms with van der Waals surface area (Å²) < 4.78 is 5.76. The highest BCUT2D eigenvalue weighted by atomic mass is 16.5. The smallest absolute Gasteiger partial charge is 0.119 e. The molecule has 0 heterocycles. The van der Waals surface area contributed by atoms with E-state index in [0.717, 1.165) is 18.6 Å². The van der Waals surface area contributed by atoms with E-state index in [-0.39, 0.29) is 6.10 Å². The van der Waals surface area contributed by atoms with Crippen LogP contribution in [0.4, 0.5) is 0 Å². The Labute approximate surface area is 80.8 Å². The van der Waals surface area contributed by atoms with E-state index in [2.05, 4.69) is 32.6 Å². The van der Waals surface area contributed by atoms with E-state index in [0.29, 0.717) is 5.92 Å². The minimum atomic E-state index is 0.133. The molecule has 0 fully saturated rings. The van der Waals surface area contributed by atoms with Crippen LogP contribution >= 0.6 is 0 Å². The largest absolute Gasteiger partial charge is 0.486 e. The Bertz CT molecular complexity index is 223. The lowest BCUT2D eigenvalue weighted by Gasteiger charge is -2.20.